The van der Waals surface area contributed by atoms with Crippen molar-refractivity contribution >= 4 is 31.9 Å². The van der Waals surface area contributed by atoms with E-state index in [9.17, 15) is 5.11 Å². The van der Waals surface area contributed by atoms with Crippen LogP contribution in [0.2, 0.25) is 0 Å². The molecule has 2 aromatic carbocycles. The van der Waals surface area contributed by atoms with Crippen molar-refractivity contribution in [3.63, 3.8) is 0 Å². The molecular weight excluding hydrogens is 438 g/mol. The van der Waals surface area contributed by atoms with Crippen LogP contribution in [-0.4, -0.2) is 32.1 Å². The van der Waals surface area contributed by atoms with E-state index in [2.05, 4.69) is 47.8 Å². The summed E-state index contributed by atoms with van der Waals surface area (Å²) in [4.78, 5) is 0. The molecule has 0 saturated carbocycles. The second-order valence-electron chi connectivity index (χ2n) is 5.59. The molecule has 0 aliphatic carbocycles. The maximum absolute atomic E-state index is 9.88. The minimum atomic E-state index is -0.901. The van der Waals surface area contributed by atoms with Crippen LogP contribution in [0.1, 0.15) is 11.1 Å². The van der Waals surface area contributed by atoms with Crippen LogP contribution in [0.4, 0.5) is 0 Å². The number of likely N-dealkylation sites (N-methyl/N-ethyl adjacent to an activating group) is 3. The molecule has 0 fully saturated rings. The Labute approximate surface area is 158 Å². The fraction of sp³-hybridized carbons (Fsp3) is 0.294. The number of nitrogens with one attached hydrogen (secondary N) is 3. The maximum Gasteiger partial charge on any atom is 0.244 e. The Bertz CT molecular complexity index is 780. The average Bonchev–Trinajstić information content (AvgIpc) is 2.87. The molecule has 0 radical (unpaired) electrons. The standard InChI is InChI=1S/C17H19Br2N3O2/c1-20-16(10-4-7-14(23)13(19)8-10)12-6-5-11(18)9-15(12)24-17(16,21-2)22-3/h4-9,20-23H,1-3H3. The number of phenolic OH excluding ortho intramolecular Hbond substituents is 1. The molecule has 0 aromatic heterocycles. The van der Waals surface area contributed by atoms with Crippen LogP contribution < -0.4 is 20.7 Å². The molecule has 1 heterocycles. The number of aromatic hydroxyl groups is 1. The van der Waals surface area contributed by atoms with E-state index in [-0.39, 0.29) is 5.75 Å². The van der Waals surface area contributed by atoms with Crippen LogP contribution in [0.25, 0.3) is 0 Å². The highest BCUT2D eigenvalue weighted by Crippen LogP contribution is 2.50. The number of rotatable bonds is 4. The molecule has 128 valence electrons. The van der Waals surface area contributed by atoms with Gasteiger partial charge in [-0.25, -0.2) is 0 Å². The zero-order valence-electron chi connectivity index (χ0n) is 13.6. The molecule has 0 amide bonds. The lowest BCUT2D eigenvalue weighted by atomic mass is 9.79. The average molecular weight is 457 g/mol. The summed E-state index contributed by atoms with van der Waals surface area (Å²) in [5.74, 6) is 0.0625. The van der Waals surface area contributed by atoms with Gasteiger partial charge in [0, 0.05) is 10.0 Å². The first-order chi connectivity index (χ1) is 11.4. The molecule has 1 aliphatic heterocycles. The van der Waals surface area contributed by atoms with E-state index < -0.39 is 11.4 Å². The Kier molecular flexibility index (Phi) is 4.65. The predicted octanol–water partition coefficient (Wildman–Crippen LogP) is 2.87. The van der Waals surface area contributed by atoms with Crippen LogP contribution in [0, 0.1) is 0 Å². The Balaban J connectivity index is 2.34. The van der Waals surface area contributed by atoms with E-state index in [1.165, 1.54) is 0 Å². The molecule has 7 heteroatoms. The Morgan fingerprint density at radius 1 is 0.958 bits per heavy atom. The van der Waals surface area contributed by atoms with E-state index in [4.69, 9.17) is 4.74 Å². The number of hydrogen-bond acceptors (Lipinski definition) is 5. The van der Waals surface area contributed by atoms with Crippen LogP contribution in [0.3, 0.4) is 0 Å². The molecule has 4 N–H and O–H groups in total. The van der Waals surface area contributed by atoms with Gasteiger partial charge in [-0.1, -0.05) is 28.1 Å². The number of phenols is 1. The Hall–Kier alpha value is -1.12. The molecule has 5 nitrogen and oxygen atoms in total. The monoisotopic (exact) mass is 455 g/mol. The highest BCUT2D eigenvalue weighted by molar-refractivity contribution is 9.10. The van der Waals surface area contributed by atoms with Crippen molar-refractivity contribution in [3.8, 4) is 11.5 Å². The van der Waals surface area contributed by atoms with Gasteiger partial charge < -0.3 is 15.2 Å². The highest BCUT2D eigenvalue weighted by Gasteiger charge is 2.60. The summed E-state index contributed by atoms with van der Waals surface area (Å²) >= 11 is 6.91. The lowest BCUT2D eigenvalue weighted by molar-refractivity contribution is -0.0307. The minimum Gasteiger partial charge on any atom is -0.507 e. The van der Waals surface area contributed by atoms with Crippen molar-refractivity contribution in [2.24, 2.45) is 0 Å². The van der Waals surface area contributed by atoms with E-state index in [1.54, 1.807) is 6.07 Å². The number of halogens is 2. The predicted molar refractivity (Wildman–Crippen MR) is 101 cm³/mol. The van der Waals surface area contributed by atoms with Crippen molar-refractivity contribution in [1.82, 2.24) is 16.0 Å². The topological polar surface area (TPSA) is 65.5 Å². The Morgan fingerprint density at radius 3 is 2.25 bits per heavy atom. The van der Waals surface area contributed by atoms with Gasteiger partial charge in [0.15, 0.2) is 0 Å². The van der Waals surface area contributed by atoms with Crippen molar-refractivity contribution in [2.45, 2.75) is 11.4 Å². The van der Waals surface area contributed by atoms with Crippen LogP contribution in [0.15, 0.2) is 45.3 Å². The number of hydrogen-bond donors (Lipinski definition) is 4. The Morgan fingerprint density at radius 2 is 1.67 bits per heavy atom. The van der Waals surface area contributed by atoms with Crippen molar-refractivity contribution in [1.29, 1.82) is 0 Å². The van der Waals surface area contributed by atoms with Gasteiger partial charge in [0.1, 0.15) is 17.0 Å². The molecule has 2 aromatic rings. The second kappa shape index (κ2) is 6.31. The molecular formula is C17H19Br2N3O2. The van der Waals surface area contributed by atoms with Gasteiger partial charge in [0.25, 0.3) is 0 Å². The summed E-state index contributed by atoms with van der Waals surface area (Å²) in [5.41, 5.74) is 1.23. The number of fused-ring (bicyclic) bond motifs is 1. The first-order valence-corrected chi connectivity index (χ1v) is 9.07. The SMILES string of the molecule is CNC1(NC)Oc2cc(Br)ccc2C1(NC)c1ccc(O)c(Br)c1. The van der Waals surface area contributed by atoms with E-state index in [0.717, 1.165) is 21.3 Å². The lowest BCUT2D eigenvalue weighted by Gasteiger charge is -2.44. The van der Waals surface area contributed by atoms with Gasteiger partial charge in [-0.15, -0.1) is 0 Å². The summed E-state index contributed by atoms with van der Waals surface area (Å²) < 4.78 is 7.88. The fourth-order valence-electron chi connectivity index (χ4n) is 3.48. The zero-order chi connectivity index (χ0) is 17.5. The van der Waals surface area contributed by atoms with Gasteiger partial charge in [-0.2, -0.15) is 0 Å². The van der Waals surface area contributed by atoms with Crippen molar-refractivity contribution < 1.29 is 9.84 Å². The van der Waals surface area contributed by atoms with Gasteiger partial charge in [-0.05, 0) is 66.9 Å². The molecule has 0 bridgehead atoms. The summed E-state index contributed by atoms with van der Waals surface area (Å²) in [6, 6.07) is 11.4. The first-order valence-electron chi connectivity index (χ1n) is 7.49. The normalized spacial score (nSPS) is 21.4. The first kappa shape index (κ1) is 17.7. The van der Waals surface area contributed by atoms with Gasteiger partial charge in [-0.3, -0.25) is 10.6 Å². The number of ether oxygens (including phenoxy) is 1. The summed E-state index contributed by atoms with van der Waals surface area (Å²) in [7, 11) is 5.59. The van der Waals surface area contributed by atoms with Crippen molar-refractivity contribution in [2.75, 3.05) is 21.1 Å². The summed E-state index contributed by atoms with van der Waals surface area (Å²) in [5, 5.41) is 19.9. The molecule has 0 saturated heterocycles. The van der Waals surface area contributed by atoms with Gasteiger partial charge >= 0.3 is 0 Å². The summed E-state index contributed by atoms with van der Waals surface area (Å²) in [6.45, 7) is 0. The quantitative estimate of drug-likeness (QED) is 0.533. The third kappa shape index (κ3) is 2.30. The molecule has 0 spiro atoms. The molecule has 24 heavy (non-hydrogen) atoms. The smallest absolute Gasteiger partial charge is 0.244 e. The molecule has 1 atom stereocenters. The second-order valence-corrected chi connectivity index (χ2v) is 7.36. The largest absolute Gasteiger partial charge is 0.507 e. The van der Waals surface area contributed by atoms with Crippen LogP contribution >= 0.6 is 31.9 Å². The summed E-state index contributed by atoms with van der Waals surface area (Å²) in [6.07, 6.45) is 0. The van der Waals surface area contributed by atoms with Crippen LogP contribution in [-0.2, 0) is 5.54 Å². The highest BCUT2D eigenvalue weighted by atomic mass is 79.9. The zero-order valence-corrected chi connectivity index (χ0v) is 16.7. The third-order valence-electron chi connectivity index (χ3n) is 4.60. The molecule has 1 unspecified atom stereocenters. The lowest BCUT2D eigenvalue weighted by Crippen LogP contribution is -2.72. The van der Waals surface area contributed by atoms with Crippen LogP contribution in [0.5, 0.6) is 11.5 Å². The number of benzene rings is 2. The van der Waals surface area contributed by atoms with Gasteiger partial charge in [0.2, 0.25) is 5.85 Å². The third-order valence-corrected chi connectivity index (χ3v) is 5.73. The maximum atomic E-state index is 9.88. The van der Waals surface area contributed by atoms with E-state index in [0.29, 0.717) is 4.47 Å². The van der Waals surface area contributed by atoms with Gasteiger partial charge in [0.05, 0.1) is 4.47 Å². The minimum absolute atomic E-state index is 0.194. The molecule has 3 rings (SSSR count). The van der Waals surface area contributed by atoms with E-state index in [1.807, 2.05) is 51.5 Å². The van der Waals surface area contributed by atoms with E-state index >= 15 is 0 Å². The fourth-order valence-corrected chi connectivity index (χ4v) is 4.20. The molecule has 1 aliphatic rings. The van der Waals surface area contributed by atoms with Crippen molar-refractivity contribution in [3.05, 3.63) is 56.5 Å².